The summed E-state index contributed by atoms with van der Waals surface area (Å²) in [7, 11) is 0. The van der Waals surface area contributed by atoms with Gasteiger partial charge in [0.15, 0.2) is 0 Å². The molecule has 3 aromatic rings. The Bertz CT molecular complexity index is 783. The third kappa shape index (κ3) is 3.31. The largest absolute Gasteiger partial charge is 0.352 e. The molecule has 0 unspecified atom stereocenters. The second kappa shape index (κ2) is 6.39. The lowest BCUT2D eigenvalue weighted by Gasteiger charge is -2.07. The first-order chi connectivity index (χ1) is 10.7. The fourth-order valence-corrected chi connectivity index (χ4v) is 2.36. The second-order valence-electron chi connectivity index (χ2n) is 5.09. The monoisotopic (exact) mass is 297 g/mol. The van der Waals surface area contributed by atoms with Crippen molar-refractivity contribution >= 4 is 16.8 Å². The van der Waals surface area contributed by atoms with Crippen molar-refractivity contribution in [3.63, 3.8) is 0 Å². The number of benzene rings is 1. The molecule has 3 rings (SSSR count). The molecular formula is C17H16FN3O. The topological polar surface area (TPSA) is 46.9 Å². The number of amides is 1. The number of aryl methyl sites for hydroxylation is 1. The molecule has 0 fully saturated rings. The Morgan fingerprint density at radius 1 is 1.18 bits per heavy atom. The van der Waals surface area contributed by atoms with Gasteiger partial charge in [0.25, 0.3) is 0 Å². The van der Waals surface area contributed by atoms with Crippen LogP contribution in [-0.2, 0) is 17.9 Å². The highest BCUT2D eigenvalue weighted by Crippen LogP contribution is 2.17. The minimum Gasteiger partial charge on any atom is -0.352 e. The lowest BCUT2D eigenvalue weighted by molar-refractivity contribution is -0.121. The highest BCUT2D eigenvalue weighted by Gasteiger charge is 2.05. The van der Waals surface area contributed by atoms with E-state index in [1.165, 1.54) is 12.1 Å². The van der Waals surface area contributed by atoms with E-state index < -0.39 is 0 Å². The van der Waals surface area contributed by atoms with Gasteiger partial charge in [-0.1, -0.05) is 0 Å². The van der Waals surface area contributed by atoms with Crippen LogP contribution in [0.3, 0.4) is 0 Å². The van der Waals surface area contributed by atoms with Crippen molar-refractivity contribution < 1.29 is 9.18 Å². The van der Waals surface area contributed by atoms with Crippen LogP contribution in [0.5, 0.6) is 0 Å². The first-order valence-corrected chi connectivity index (χ1v) is 7.12. The third-order valence-electron chi connectivity index (χ3n) is 3.55. The third-order valence-corrected chi connectivity index (χ3v) is 3.55. The normalized spacial score (nSPS) is 10.8. The van der Waals surface area contributed by atoms with E-state index in [0.717, 1.165) is 16.5 Å². The molecule has 2 heterocycles. The van der Waals surface area contributed by atoms with E-state index >= 15 is 0 Å². The van der Waals surface area contributed by atoms with Gasteiger partial charge in [-0.05, 0) is 47.3 Å². The summed E-state index contributed by atoms with van der Waals surface area (Å²) in [5, 5.41) is 3.84. The molecule has 0 saturated heterocycles. The summed E-state index contributed by atoms with van der Waals surface area (Å²) in [4.78, 5) is 15.8. The molecule has 0 atom stereocenters. The number of aromatic nitrogens is 2. The van der Waals surface area contributed by atoms with Crippen molar-refractivity contribution in [2.24, 2.45) is 0 Å². The Hall–Kier alpha value is -2.69. The molecule has 22 heavy (non-hydrogen) atoms. The maximum atomic E-state index is 13.3. The van der Waals surface area contributed by atoms with E-state index in [-0.39, 0.29) is 11.7 Å². The van der Waals surface area contributed by atoms with Crippen LogP contribution in [0.2, 0.25) is 0 Å². The van der Waals surface area contributed by atoms with Gasteiger partial charge in [-0.25, -0.2) is 4.39 Å². The number of halogens is 1. The number of carbonyl (C=O) groups excluding carboxylic acids is 1. The predicted octanol–water partition coefficient (Wildman–Crippen LogP) is 2.88. The summed E-state index contributed by atoms with van der Waals surface area (Å²) in [5.74, 6) is -0.301. The van der Waals surface area contributed by atoms with Crippen LogP contribution in [-0.4, -0.2) is 15.5 Å². The fraction of sp³-hybridized carbons (Fsp3) is 0.176. The molecule has 5 heteroatoms. The molecule has 1 aromatic carbocycles. The van der Waals surface area contributed by atoms with Crippen molar-refractivity contribution in [1.82, 2.24) is 14.9 Å². The summed E-state index contributed by atoms with van der Waals surface area (Å²) < 4.78 is 15.2. The van der Waals surface area contributed by atoms with Crippen LogP contribution in [0.1, 0.15) is 12.0 Å². The van der Waals surface area contributed by atoms with Crippen molar-refractivity contribution in [2.75, 3.05) is 0 Å². The Morgan fingerprint density at radius 2 is 2.00 bits per heavy atom. The van der Waals surface area contributed by atoms with E-state index in [1.807, 2.05) is 29.0 Å². The molecule has 1 amide bonds. The van der Waals surface area contributed by atoms with Gasteiger partial charge in [-0.3, -0.25) is 9.78 Å². The highest BCUT2D eigenvalue weighted by atomic mass is 19.1. The van der Waals surface area contributed by atoms with Crippen LogP contribution in [0.4, 0.5) is 4.39 Å². The predicted molar refractivity (Wildman–Crippen MR) is 82.6 cm³/mol. The Morgan fingerprint density at radius 3 is 2.82 bits per heavy atom. The Kier molecular flexibility index (Phi) is 4.14. The van der Waals surface area contributed by atoms with E-state index in [0.29, 0.717) is 19.5 Å². The molecule has 4 nitrogen and oxygen atoms in total. The number of hydrogen-bond donors (Lipinski definition) is 1. The summed E-state index contributed by atoms with van der Waals surface area (Å²) in [6, 6.07) is 10.3. The summed E-state index contributed by atoms with van der Waals surface area (Å²) in [5.41, 5.74) is 1.82. The smallest absolute Gasteiger partial charge is 0.222 e. The van der Waals surface area contributed by atoms with Crippen molar-refractivity contribution in [3.8, 4) is 0 Å². The van der Waals surface area contributed by atoms with Crippen LogP contribution in [0.15, 0.2) is 55.0 Å². The van der Waals surface area contributed by atoms with E-state index in [2.05, 4.69) is 10.3 Å². The first kappa shape index (κ1) is 14.3. The maximum absolute atomic E-state index is 13.3. The molecule has 0 saturated carbocycles. The number of fused-ring (bicyclic) bond motifs is 1. The molecule has 2 aromatic heterocycles. The molecule has 0 aliphatic carbocycles. The fourth-order valence-electron chi connectivity index (χ4n) is 2.36. The van der Waals surface area contributed by atoms with E-state index in [4.69, 9.17) is 0 Å². The van der Waals surface area contributed by atoms with Crippen LogP contribution >= 0.6 is 0 Å². The van der Waals surface area contributed by atoms with E-state index in [9.17, 15) is 9.18 Å². The standard InChI is InChI=1S/C17H16FN3O/c18-15-2-1-14-5-9-21(16(14)11-15)10-6-17(22)20-12-13-3-7-19-8-4-13/h1-5,7-9,11H,6,10,12H2,(H,20,22). The van der Waals surface area contributed by atoms with Gasteiger partial charge < -0.3 is 9.88 Å². The molecule has 0 aliphatic heterocycles. The lowest BCUT2D eigenvalue weighted by atomic mass is 10.2. The molecule has 1 N–H and O–H groups in total. The molecule has 112 valence electrons. The van der Waals surface area contributed by atoms with Gasteiger partial charge >= 0.3 is 0 Å². The zero-order valence-electron chi connectivity index (χ0n) is 12.0. The molecule has 0 aliphatic rings. The van der Waals surface area contributed by atoms with Crippen molar-refractivity contribution in [1.29, 1.82) is 0 Å². The number of rotatable bonds is 5. The summed E-state index contributed by atoms with van der Waals surface area (Å²) in [6.07, 6.45) is 5.62. The zero-order valence-corrected chi connectivity index (χ0v) is 12.0. The lowest BCUT2D eigenvalue weighted by Crippen LogP contribution is -2.23. The summed E-state index contributed by atoms with van der Waals surface area (Å²) in [6.45, 7) is 1.01. The average molecular weight is 297 g/mol. The number of nitrogens with one attached hydrogen (secondary N) is 1. The van der Waals surface area contributed by atoms with Gasteiger partial charge in [0, 0.05) is 38.1 Å². The molecule has 0 spiro atoms. The Labute approximate surface area is 127 Å². The molecular weight excluding hydrogens is 281 g/mol. The van der Waals surface area contributed by atoms with Gasteiger partial charge in [-0.15, -0.1) is 0 Å². The first-order valence-electron chi connectivity index (χ1n) is 7.12. The number of carbonyl (C=O) groups is 1. The van der Waals surface area contributed by atoms with E-state index in [1.54, 1.807) is 18.5 Å². The second-order valence-corrected chi connectivity index (χ2v) is 5.09. The van der Waals surface area contributed by atoms with Gasteiger partial charge in [0.2, 0.25) is 5.91 Å². The minimum absolute atomic E-state index is 0.0323. The highest BCUT2D eigenvalue weighted by molar-refractivity contribution is 5.80. The van der Waals surface area contributed by atoms with Gasteiger partial charge in [-0.2, -0.15) is 0 Å². The Balaban J connectivity index is 1.57. The maximum Gasteiger partial charge on any atom is 0.222 e. The van der Waals surface area contributed by atoms with Gasteiger partial charge in [0.1, 0.15) is 5.82 Å². The molecule has 0 radical (unpaired) electrons. The minimum atomic E-state index is -0.269. The van der Waals surface area contributed by atoms with Crippen LogP contribution in [0.25, 0.3) is 10.9 Å². The summed E-state index contributed by atoms with van der Waals surface area (Å²) >= 11 is 0. The van der Waals surface area contributed by atoms with Crippen molar-refractivity contribution in [3.05, 3.63) is 66.4 Å². The number of hydrogen-bond acceptors (Lipinski definition) is 2. The number of pyridine rings is 1. The average Bonchev–Trinajstić information content (AvgIpc) is 2.94. The van der Waals surface area contributed by atoms with Crippen LogP contribution in [0, 0.1) is 5.82 Å². The SMILES string of the molecule is O=C(CCn1ccc2ccc(F)cc21)NCc1ccncc1. The van der Waals surface area contributed by atoms with Crippen LogP contribution < -0.4 is 5.32 Å². The van der Waals surface area contributed by atoms with Gasteiger partial charge in [0.05, 0.1) is 5.52 Å². The quantitative estimate of drug-likeness (QED) is 0.787. The van der Waals surface area contributed by atoms with Crippen molar-refractivity contribution in [2.45, 2.75) is 19.5 Å². The molecule has 0 bridgehead atoms. The number of nitrogens with zero attached hydrogens (tertiary/aromatic N) is 2. The zero-order chi connectivity index (χ0) is 15.4.